The van der Waals surface area contributed by atoms with Gasteiger partial charge in [0.15, 0.2) is 0 Å². The Bertz CT molecular complexity index is 853. The maximum atomic E-state index is 13.0. The summed E-state index contributed by atoms with van der Waals surface area (Å²) >= 11 is 0. The summed E-state index contributed by atoms with van der Waals surface area (Å²) in [6.07, 6.45) is 4.55. The zero-order valence-electron chi connectivity index (χ0n) is 13.6. The van der Waals surface area contributed by atoms with Gasteiger partial charge in [0.2, 0.25) is 5.91 Å². The molecule has 3 heterocycles. The first-order valence-corrected chi connectivity index (χ1v) is 8.30. The molecule has 1 fully saturated rings. The molecular formula is C17H20N6O. The molecule has 24 heavy (non-hydrogen) atoms. The predicted octanol–water partition coefficient (Wildman–Crippen LogP) is 2.22. The quantitative estimate of drug-likeness (QED) is 0.801. The van der Waals surface area contributed by atoms with Gasteiger partial charge in [-0.1, -0.05) is 12.1 Å². The fraction of sp³-hybridized carbons (Fsp3) is 0.412. The highest BCUT2D eigenvalue weighted by Gasteiger charge is 2.30. The molecule has 1 aliphatic rings. The Labute approximate surface area is 139 Å². The summed E-state index contributed by atoms with van der Waals surface area (Å²) in [6.45, 7) is 3.00. The lowest BCUT2D eigenvalue weighted by Crippen LogP contribution is -2.40. The van der Waals surface area contributed by atoms with Crippen LogP contribution < -0.4 is 0 Å². The van der Waals surface area contributed by atoms with Crippen LogP contribution in [0.4, 0.5) is 0 Å². The first-order valence-electron chi connectivity index (χ1n) is 8.30. The van der Waals surface area contributed by atoms with Crippen LogP contribution in [0.2, 0.25) is 0 Å². The lowest BCUT2D eigenvalue weighted by molar-refractivity contribution is -0.135. The number of amides is 1. The molecule has 124 valence electrons. The number of aromatic nitrogens is 5. The van der Waals surface area contributed by atoms with Crippen molar-refractivity contribution in [3.8, 4) is 0 Å². The summed E-state index contributed by atoms with van der Waals surface area (Å²) < 4.78 is 1.99. The van der Waals surface area contributed by atoms with E-state index in [2.05, 4.69) is 20.2 Å². The van der Waals surface area contributed by atoms with E-state index < -0.39 is 0 Å². The smallest absolute Gasteiger partial charge is 0.243 e. The van der Waals surface area contributed by atoms with E-state index in [1.807, 2.05) is 40.7 Å². The number of H-pyrrole nitrogens is 1. The molecule has 3 aromatic rings. The number of para-hydroxylation sites is 2. The number of carbonyl (C=O) groups excluding carboxylic acids is 1. The van der Waals surface area contributed by atoms with Crippen molar-refractivity contribution in [2.24, 2.45) is 0 Å². The highest BCUT2D eigenvalue weighted by molar-refractivity contribution is 5.81. The molecular weight excluding hydrogens is 304 g/mol. The lowest BCUT2D eigenvalue weighted by atomic mass is 10.0. The number of benzene rings is 1. The Kier molecular flexibility index (Phi) is 3.76. The van der Waals surface area contributed by atoms with Gasteiger partial charge in [-0.05, 0) is 38.3 Å². The van der Waals surface area contributed by atoms with Gasteiger partial charge in [0, 0.05) is 6.54 Å². The largest absolute Gasteiger partial charge is 0.331 e. The van der Waals surface area contributed by atoms with Crippen molar-refractivity contribution in [3.63, 3.8) is 0 Å². The number of rotatable bonds is 3. The third-order valence-corrected chi connectivity index (χ3v) is 4.71. The zero-order chi connectivity index (χ0) is 16.5. The highest BCUT2D eigenvalue weighted by Crippen LogP contribution is 2.29. The van der Waals surface area contributed by atoms with E-state index in [4.69, 9.17) is 0 Å². The molecule has 0 saturated carbocycles. The summed E-state index contributed by atoms with van der Waals surface area (Å²) in [5.74, 6) is 1.73. The SMILES string of the molecule is Cc1nc2ccccc2n1CC(=O)N1CCCC[C@H]1c1ncn[nH]1. The number of likely N-dealkylation sites (tertiary alicyclic amines) is 1. The fourth-order valence-corrected chi connectivity index (χ4v) is 3.51. The topological polar surface area (TPSA) is 79.7 Å². The molecule has 0 spiro atoms. The maximum Gasteiger partial charge on any atom is 0.243 e. The molecule has 7 nitrogen and oxygen atoms in total. The number of imidazole rings is 1. The number of hydrogen-bond acceptors (Lipinski definition) is 4. The van der Waals surface area contributed by atoms with Gasteiger partial charge in [-0.15, -0.1) is 0 Å². The van der Waals surface area contributed by atoms with Gasteiger partial charge in [0.05, 0.1) is 17.1 Å². The van der Waals surface area contributed by atoms with Gasteiger partial charge >= 0.3 is 0 Å². The van der Waals surface area contributed by atoms with E-state index in [9.17, 15) is 4.79 Å². The van der Waals surface area contributed by atoms with Crippen LogP contribution in [-0.4, -0.2) is 42.1 Å². The standard InChI is InChI=1S/C17H20N6O/c1-12-20-13-6-2-3-7-14(13)23(12)10-16(24)22-9-5-4-8-15(22)17-18-11-19-21-17/h2-3,6-7,11,15H,4-5,8-10H2,1H3,(H,18,19,21)/t15-/m0/s1. The molecule has 0 radical (unpaired) electrons. The minimum Gasteiger partial charge on any atom is -0.331 e. The number of fused-ring (bicyclic) bond motifs is 1. The van der Waals surface area contributed by atoms with Crippen LogP contribution in [0.5, 0.6) is 0 Å². The van der Waals surface area contributed by atoms with Gasteiger partial charge in [-0.3, -0.25) is 9.89 Å². The van der Waals surface area contributed by atoms with Gasteiger partial charge in [0.25, 0.3) is 0 Å². The van der Waals surface area contributed by atoms with Crippen LogP contribution in [0.25, 0.3) is 11.0 Å². The van der Waals surface area contributed by atoms with Crippen molar-refractivity contribution in [1.29, 1.82) is 0 Å². The summed E-state index contributed by atoms with van der Waals surface area (Å²) in [6, 6.07) is 7.91. The highest BCUT2D eigenvalue weighted by atomic mass is 16.2. The van der Waals surface area contributed by atoms with Crippen molar-refractivity contribution < 1.29 is 4.79 Å². The molecule has 1 saturated heterocycles. The van der Waals surface area contributed by atoms with Crippen LogP contribution in [-0.2, 0) is 11.3 Å². The van der Waals surface area contributed by atoms with Crippen LogP contribution in [0.15, 0.2) is 30.6 Å². The van der Waals surface area contributed by atoms with Crippen LogP contribution in [0, 0.1) is 6.92 Å². The Morgan fingerprint density at radius 2 is 2.21 bits per heavy atom. The molecule has 4 rings (SSSR count). The van der Waals surface area contributed by atoms with E-state index in [1.54, 1.807) is 0 Å². The second-order valence-corrected chi connectivity index (χ2v) is 6.20. The normalized spacial score (nSPS) is 18.2. The van der Waals surface area contributed by atoms with Crippen LogP contribution >= 0.6 is 0 Å². The molecule has 1 aromatic carbocycles. The Morgan fingerprint density at radius 1 is 1.33 bits per heavy atom. The second-order valence-electron chi connectivity index (χ2n) is 6.20. The fourth-order valence-electron chi connectivity index (χ4n) is 3.51. The van der Waals surface area contributed by atoms with Crippen molar-refractivity contribution in [2.75, 3.05) is 6.54 Å². The Hall–Kier alpha value is -2.70. The van der Waals surface area contributed by atoms with E-state index in [1.165, 1.54) is 6.33 Å². The molecule has 2 aromatic heterocycles. The van der Waals surface area contributed by atoms with Crippen molar-refractivity contribution >= 4 is 16.9 Å². The molecule has 1 atom stereocenters. The maximum absolute atomic E-state index is 13.0. The number of piperidine rings is 1. The number of nitrogens with zero attached hydrogens (tertiary/aromatic N) is 5. The molecule has 1 N–H and O–H groups in total. The first kappa shape index (κ1) is 14.9. The van der Waals surface area contributed by atoms with Crippen molar-refractivity contribution in [3.05, 3.63) is 42.2 Å². The number of carbonyl (C=O) groups is 1. The monoisotopic (exact) mass is 324 g/mol. The zero-order valence-corrected chi connectivity index (χ0v) is 13.6. The van der Waals surface area contributed by atoms with Crippen LogP contribution in [0.3, 0.4) is 0 Å². The third-order valence-electron chi connectivity index (χ3n) is 4.71. The minimum atomic E-state index is -0.0103. The van der Waals surface area contributed by atoms with Crippen molar-refractivity contribution in [1.82, 2.24) is 29.6 Å². The van der Waals surface area contributed by atoms with E-state index >= 15 is 0 Å². The number of aromatic amines is 1. The number of nitrogens with one attached hydrogen (secondary N) is 1. The summed E-state index contributed by atoms with van der Waals surface area (Å²) in [4.78, 5) is 23.7. The van der Waals surface area contributed by atoms with Crippen LogP contribution in [0.1, 0.15) is 37.0 Å². The van der Waals surface area contributed by atoms with Gasteiger partial charge in [-0.25, -0.2) is 9.97 Å². The molecule has 0 aliphatic carbocycles. The molecule has 1 aliphatic heterocycles. The second kappa shape index (κ2) is 6.07. The lowest BCUT2D eigenvalue weighted by Gasteiger charge is -2.34. The molecule has 0 unspecified atom stereocenters. The van der Waals surface area contributed by atoms with Gasteiger partial charge < -0.3 is 9.47 Å². The predicted molar refractivity (Wildman–Crippen MR) is 89.2 cm³/mol. The minimum absolute atomic E-state index is 0.0103. The Balaban J connectivity index is 1.61. The number of hydrogen-bond donors (Lipinski definition) is 1. The average molecular weight is 324 g/mol. The Morgan fingerprint density at radius 3 is 3.04 bits per heavy atom. The number of aryl methyl sites for hydroxylation is 1. The summed E-state index contributed by atoms with van der Waals surface area (Å²) in [5.41, 5.74) is 1.92. The van der Waals surface area contributed by atoms with Gasteiger partial charge in [0.1, 0.15) is 24.5 Å². The third kappa shape index (κ3) is 2.55. The average Bonchev–Trinajstić information content (AvgIpc) is 3.24. The summed E-state index contributed by atoms with van der Waals surface area (Å²) in [7, 11) is 0. The van der Waals surface area contributed by atoms with E-state index in [0.29, 0.717) is 6.54 Å². The van der Waals surface area contributed by atoms with Crippen molar-refractivity contribution in [2.45, 2.75) is 38.8 Å². The van der Waals surface area contributed by atoms with Gasteiger partial charge in [-0.2, -0.15) is 5.10 Å². The van der Waals surface area contributed by atoms with E-state index in [0.717, 1.165) is 48.5 Å². The summed E-state index contributed by atoms with van der Waals surface area (Å²) in [5, 5.41) is 6.85. The van der Waals surface area contributed by atoms with E-state index in [-0.39, 0.29) is 11.9 Å². The molecule has 7 heteroatoms. The molecule has 1 amide bonds. The first-order chi connectivity index (χ1) is 11.7. The molecule has 0 bridgehead atoms.